The second kappa shape index (κ2) is 9.16. The van der Waals surface area contributed by atoms with Crippen LogP contribution in [0.3, 0.4) is 0 Å². The number of benzene rings is 3. The summed E-state index contributed by atoms with van der Waals surface area (Å²) >= 11 is 0. The molecular weight excluding hydrogens is 375 g/mol. The van der Waals surface area contributed by atoms with Crippen LogP contribution in [0.1, 0.15) is 19.8 Å². The van der Waals surface area contributed by atoms with Gasteiger partial charge in [-0.1, -0.05) is 67.9 Å². The van der Waals surface area contributed by atoms with Crippen LogP contribution in [0.4, 0.5) is 0 Å². The van der Waals surface area contributed by atoms with Gasteiger partial charge < -0.3 is 17.0 Å². The second-order valence-corrected chi connectivity index (χ2v) is 9.51. The molecule has 0 aromatic heterocycles. The van der Waals surface area contributed by atoms with Crippen molar-refractivity contribution in [3.63, 3.8) is 0 Å². The zero-order valence-corrected chi connectivity index (χ0v) is 16.6. The maximum Gasteiger partial charge on any atom is 0.112 e. The fourth-order valence-corrected chi connectivity index (χ4v) is 7.78. The van der Waals surface area contributed by atoms with E-state index in [0.29, 0.717) is 0 Å². The van der Waals surface area contributed by atoms with Crippen molar-refractivity contribution in [1.82, 2.24) is 0 Å². The number of rotatable bonds is 6. The summed E-state index contributed by atoms with van der Waals surface area (Å²) in [6, 6.07) is 33.4. The third kappa shape index (κ3) is 3.79. The molecule has 0 atom stereocenters. The zero-order chi connectivity index (χ0) is 16.0. The summed E-state index contributed by atoms with van der Waals surface area (Å²) in [4.78, 5) is 0. The smallest absolute Gasteiger partial charge is 0.112 e. The van der Waals surface area contributed by atoms with Gasteiger partial charge >= 0.3 is 0 Å². The summed E-state index contributed by atoms with van der Waals surface area (Å²) in [7, 11) is -1.57. The lowest BCUT2D eigenvalue weighted by molar-refractivity contribution is -0.00000454. The maximum atomic E-state index is 2.32. The molecule has 2 heteroatoms. The monoisotopic (exact) mass is 398 g/mol. The van der Waals surface area contributed by atoms with Gasteiger partial charge in [0.15, 0.2) is 0 Å². The van der Waals surface area contributed by atoms with Crippen LogP contribution in [0.5, 0.6) is 0 Å². The molecule has 0 aliphatic carbocycles. The van der Waals surface area contributed by atoms with Crippen molar-refractivity contribution in [3.8, 4) is 0 Å². The Morgan fingerprint density at radius 1 is 0.583 bits per heavy atom. The lowest BCUT2D eigenvalue weighted by atomic mass is 10.3. The molecule has 0 aliphatic rings. The quantitative estimate of drug-likeness (QED) is 0.555. The molecule has 0 N–H and O–H groups in total. The minimum absolute atomic E-state index is 0. The minimum atomic E-state index is -1.57. The standard InChI is InChI=1S/C22H24P.BrH/c1-2-3-19-23(20-13-7-4-8-14-20,21-15-9-5-10-16-21)22-17-11-6-12-18-22;/h4-18H,2-3,19H2,1H3;1H/q+1;/p-1. The molecule has 0 amide bonds. The Balaban J connectivity index is 0.00000208. The molecule has 0 nitrogen and oxygen atoms in total. The Hall–Kier alpha value is -1.43. The summed E-state index contributed by atoms with van der Waals surface area (Å²) in [6.45, 7) is 2.29. The Morgan fingerprint density at radius 2 is 0.917 bits per heavy atom. The average Bonchev–Trinajstić information content (AvgIpc) is 2.65. The molecule has 0 aliphatic heterocycles. The lowest BCUT2D eigenvalue weighted by Crippen LogP contribution is -3.00. The van der Waals surface area contributed by atoms with E-state index in [1.807, 2.05) is 0 Å². The SMILES string of the molecule is CCCC[P+](c1ccccc1)(c1ccccc1)c1ccccc1.[Br-]. The highest BCUT2D eigenvalue weighted by Crippen LogP contribution is 2.55. The van der Waals surface area contributed by atoms with E-state index in [9.17, 15) is 0 Å². The first-order valence-electron chi connectivity index (χ1n) is 8.43. The fraction of sp³-hybridized carbons (Fsp3) is 0.182. The molecule has 0 saturated carbocycles. The molecule has 3 aromatic rings. The van der Waals surface area contributed by atoms with Crippen LogP contribution in [-0.4, -0.2) is 6.16 Å². The van der Waals surface area contributed by atoms with Gasteiger partial charge in [-0.05, 0) is 42.8 Å². The van der Waals surface area contributed by atoms with Crippen LogP contribution in [0.15, 0.2) is 91.0 Å². The van der Waals surface area contributed by atoms with E-state index in [1.165, 1.54) is 34.9 Å². The maximum absolute atomic E-state index is 2.32. The van der Waals surface area contributed by atoms with Crippen molar-refractivity contribution in [2.75, 3.05) is 6.16 Å². The third-order valence-electron chi connectivity index (χ3n) is 4.44. The van der Waals surface area contributed by atoms with Crippen LogP contribution in [0.25, 0.3) is 0 Å². The molecule has 0 fully saturated rings. The van der Waals surface area contributed by atoms with Gasteiger partial charge in [0.25, 0.3) is 0 Å². The summed E-state index contributed by atoms with van der Waals surface area (Å²) in [5.41, 5.74) is 0. The van der Waals surface area contributed by atoms with E-state index >= 15 is 0 Å². The second-order valence-electron chi connectivity index (χ2n) is 5.89. The van der Waals surface area contributed by atoms with E-state index < -0.39 is 7.26 Å². The largest absolute Gasteiger partial charge is 1.00 e. The zero-order valence-electron chi connectivity index (χ0n) is 14.1. The number of hydrogen-bond donors (Lipinski definition) is 0. The van der Waals surface area contributed by atoms with Gasteiger partial charge in [-0.3, -0.25) is 0 Å². The molecule has 3 aromatic carbocycles. The topological polar surface area (TPSA) is 0 Å². The molecule has 24 heavy (non-hydrogen) atoms. The number of unbranched alkanes of at least 4 members (excludes halogenated alkanes) is 1. The first-order valence-corrected chi connectivity index (χ1v) is 10.4. The minimum Gasteiger partial charge on any atom is -1.00 e. The van der Waals surface area contributed by atoms with Crippen LogP contribution < -0.4 is 32.9 Å². The third-order valence-corrected chi connectivity index (χ3v) is 8.96. The molecule has 0 unspecified atom stereocenters. The summed E-state index contributed by atoms with van der Waals surface area (Å²) < 4.78 is 0. The Kier molecular flexibility index (Phi) is 7.21. The fourth-order valence-electron chi connectivity index (χ4n) is 3.28. The van der Waals surface area contributed by atoms with Crippen molar-refractivity contribution < 1.29 is 17.0 Å². The average molecular weight is 399 g/mol. The molecule has 0 heterocycles. The molecule has 0 saturated heterocycles. The van der Waals surface area contributed by atoms with Crippen molar-refractivity contribution >= 4 is 23.2 Å². The normalized spacial score (nSPS) is 10.9. The van der Waals surface area contributed by atoms with Gasteiger partial charge in [0.2, 0.25) is 0 Å². The van der Waals surface area contributed by atoms with E-state index in [4.69, 9.17) is 0 Å². The molecule has 0 radical (unpaired) electrons. The van der Waals surface area contributed by atoms with Crippen LogP contribution in [0, 0.1) is 0 Å². The predicted octanol–water partition coefficient (Wildman–Crippen LogP) is 1.78. The summed E-state index contributed by atoms with van der Waals surface area (Å²) in [5.74, 6) is 0. The van der Waals surface area contributed by atoms with E-state index in [2.05, 4.69) is 97.9 Å². The van der Waals surface area contributed by atoms with E-state index in [1.54, 1.807) is 0 Å². The Labute approximate surface area is 157 Å². The van der Waals surface area contributed by atoms with Gasteiger partial charge in [-0.15, -0.1) is 0 Å². The van der Waals surface area contributed by atoms with E-state index in [0.717, 1.165) is 0 Å². The summed E-state index contributed by atoms with van der Waals surface area (Å²) in [5, 5.41) is 4.47. The van der Waals surface area contributed by atoms with Gasteiger partial charge in [0, 0.05) is 0 Å². The number of hydrogen-bond acceptors (Lipinski definition) is 0. The highest BCUT2D eigenvalue weighted by atomic mass is 79.9. The first kappa shape index (κ1) is 18.9. The molecule has 0 bridgehead atoms. The molecular formula is C22H24BrP. The highest BCUT2D eigenvalue weighted by Gasteiger charge is 2.44. The predicted molar refractivity (Wildman–Crippen MR) is 105 cm³/mol. The Bertz CT molecular complexity index is 614. The van der Waals surface area contributed by atoms with Crippen molar-refractivity contribution in [3.05, 3.63) is 91.0 Å². The van der Waals surface area contributed by atoms with Gasteiger partial charge in [0.1, 0.15) is 23.2 Å². The van der Waals surface area contributed by atoms with Crippen LogP contribution >= 0.6 is 7.26 Å². The molecule has 3 rings (SSSR count). The lowest BCUT2D eigenvalue weighted by Gasteiger charge is -2.27. The van der Waals surface area contributed by atoms with Gasteiger partial charge in [-0.25, -0.2) is 0 Å². The van der Waals surface area contributed by atoms with Crippen molar-refractivity contribution in [1.29, 1.82) is 0 Å². The Morgan fingerprint density at radius 3 is 1.21 bits per heavy atom. The summed E-state index contributed by atoms with van der Waals surface area (Å²) in [6.07, 6.45) is 3.72. The van der Waals surface area contributed by atoms with Crippen LogP contribution in [0.2, 0.25) is 0 Å². The van der Waals surface area contributed by atoms with Gasteiger partial charge in [-0.2, -0.15) is 0 Å². The molecule has 124 valence electrons. The molecule has 0 spiro atoms. The number of halogens is 1. The highest BCUT2D eigenvalue weighted by molar-refractivity contribution is 7.95. The van der Waals surface area contributed by atoms with Crippen LogP contribution in [-0.2, 0) is 0 Å². The van der Waals surface area contributed by atoms with Crippen molar-refractivity contribution in [2.45, 2.75) is 19.8 Å². The first-order chi connectivity index (χ1) is 11.4. The van der Waals surface area contributed by atoms with E-state index in [-0.39, 0.29) is 17.0 Å². The van der Waals surface area contributed by atoms with Crippen molar-refractivity contribution in [2.24, 2.45) is 0 Å². The van der Waals surface area contributed by atoms with Gasteiger partial charge in [0.05, 0.1) is 6.16 Å².